The molecule has 170 valence electrons. The van der Waals surface area contributed by atoms with Crippen LogP contribution in [0.5, 0.6) is 5.75 Å². The first-order valence-electron chi connectivity index (χ1n) is 11.1. The average molecular weight is 437 g/mol. The van der Waals surface area contributed by atoms with E-state index >= 15 is 0 Å². The second-order valence-electron chi connectivity index (χ2n) is 8.28. The Balaban J connectivity index is 0.000000181. The number of nitrogens with zero attached hydrogens (tertiary/aromatic N) is 1. The van der Waals surface area contributed by atoms with Gasteiger partial charge >= 0.3 is 0 Å². The summed E-state index contributed by atoms with van der Waals surface area (Å²) in [7, 11) is 0. The molecule has 2 aromatic heterocycles. The summed E-state index contributed by atoms with van der Waals surface area (Å²) in [5.74, 6) is 1.68. The van der Waals surface area contributed by atoms with E-state index in [0.29, 0.717) is 12.7 Å². The topological polar surface area (TPSA) is 84.4 Å². The summed E-state index contributed by atoms with van der Waals surface area (Å²) >= 11 is 0. The molecule has 2 N–H and O–H groups in total. The van der Waals surface area contributed by atoms with Gasteiger partial charge in [-0.2, -0.15) is 0 Å². The number of ether oxygens (including phenoxy) is 2. The van der Waals surface area contributed by atoms with E-state index in [1.165, 1.54) is 17.7 Å². The molecular weight excluding hydrogens is 404 g/mol. The number of aromatic nitrogens is 2. The molecule has 0 radical (unpaired) electrons. The normalized spacial score (nSPS) is 23.2. The Morgan fingerprint density at radius 2 is 1.59 bits per heavy atom. The maximum atomic E-state index is 10.2. The zero-order valence-corrected chi connectivity index (χ0v) is 18.5. The van der Waals surface area contributed by atoms with E-state index in [1.54, 1.807) is 24.8 Å². The Bertz CT molecular complexity index is 913. The first-order valence-corrected chi connectivity index (χ1v) is 11.1. The number of nitrogens with one attached hydrogen (secondary N) is 1. The van der Waals surface area contributed by atoms with Crippen LogP contribution < -0.4 is 10.2 Å². The lowest BCUT2D eigenvalue weighted by Crippen LogP contribution is -2.39. The van der Waals surface area contributed by atoms with Gasteiger partial charge in [0.15, 0.2) is 5.43 Å². The van der Waals surface area contributed by atoms with Crippen LogP contribution in [0.25, 0.3) is 0 Å². The molecule has 0 saturated heterocycles. The second-order valence-corrected chi connectivity index (χ2v) is 8.28. The monoisotopic (exact) mass is 436 g/mol. The molecule has 0 spiro atoms. The zero-order valence-electron chi connectivity index (χ0n) is 18.5. The van der Waals surface area contributed by atoms with Crippen molar-refractivity contribution in [3.05, 3.63) is 95.2 Å². The van der Waals surface area contributed by atoms with Crippen molar-refractivity contribution in [3.63, 3.8) is 0 Å². The standard InChI is InChI=1S/C16H17NO2.C5H5NO.C5H10O/c1-2-4-13(5-3-1)12-18-15-10-16(11-15)19-14-6-8-17-9-7-14;7-5-1-3-6-4-2-5;1-4-2-5(6)3-4/h1-9,15-16H,10-12H2;1-4H,(H,6,7);4-6H,2-3H2,1H3. The molecule has 32 heavy (non-hydrogen) atoms. The summed E-state index contributed by atoms with van der Waals surface area (Å²) in [6, 6.07) is 17.0. The van der Waals surface area contributed by atoms with Gasteiger partial charge in [0.25, 0.3) is 0 Å². The smallest absolute Gasteiger partial charge is 0.181 e. The number of hydrogen-bond acceptors (Lipinski definition) is 5. The Labute approximate surface area is 189 Å². The van der Waals surface area contributed by atoms with E-state index in [1.807, 2.05) is 30.3 Å². The third kappa shape index (κ3) is 8.65. The lowest BCUT2D eigenvalue weighted by atomic mass is 9.84. The number of rotatable bonds is 5. The highest BCUT2D eigenvalue weighted by molar-refractivity contribution is 5.18. The molecule has 2 heterocycles. The number of hydrogen-bond donors (Lipinski definition) is 2. The average Bonchev–Trinajstić information content (AvgIpc) is 2.77. The minimum absolute atomic E-state index is 0.0405. The Kier molecular flexibility index (Phi) is 9.47. The van der Waals surface area contributed by atoms with Crippen LogP contribution in [0.2, 0.25) is 0 Å². The van der Waals surface area contributed by atoms with Gasteiger partial charge < -0.3 is 19.6 Å². The number of aliphatic hydroxyl groups excluding tert-OH is 1. The quantitative estimate of drug-likeness (QED) is 0.621. The van der Waals surface area contributed by atoms with E-state index in [4.69, 9.17) is 14.6 Å². The predicted molar refractivity (Wildman–Crippen MR) is 124 cm³/mol. The van der Waals surface area contributed by atoms with Crippen molar-refractivity contribution >= 4 is 0 Å². The third-order valence-corrected chi connectivity index (χ3v) is 5.37. The predicted octanol–water partition coefficient (Wildman–Crippen LogP) is 4.36. The van der Waals surface area contributed by atoms with Gasteiger partial charge in [-0.15, -0.1) is 0 Å². The molecule has 6 heteroatoms. The number of H-pyrrole nitrogens is 1. The number of pyridine rings is 2. The van der Waals surface area contributed by atoms with Gasteiger partial charge in [0.05, 0.1) is 18.8 Å². The van der Waals surface area contributed by atoms with Gasteiger partial charge in [0.2, 0.25) is 0 Å². The van der Waals surface area contributed by atoms with Gasteiger partial charge in [-0.1, -0.05) is 37.3 Å². The van der Waals surface area contributed by atoms with Gasteiger partial charge in [0.1, 0.15) is 11.9 Å². The molecule has 2 fully saturated rings. The van der Waals surface area contributed by atoms with Gasteiger partial charge in [-0.25, -0.2) is 0 Å². The minimum atomic E-state index is 0.0405. The van der Waals surface area contributed by atoms with Crippen LogP contribution in [0.15, 0.2) is 84.2 Å². The largest absolute Gasteiger partial charge is 0.490 e. The maximum absolute atomic E-state index is 10.2. The highest BCUT2D eigenvalue weighted by Crippen LogP contribution is 2.28. The first-order chi connectivity index (χ1) is 15.6. The van der Waals surface area contributed by atoms with Crippen LogP contribution in [-0.4, -0.2) is 33.4 Å². The molecule has 0 aliphatic heterocycles. The highest BCUT2D eigenvalue weighted by Gasteiger charge is 2.31. The Morgan fingerprint density at radius 3 is 2.09 bits per heavy atom. The molecule has 0 unspecified atom stereocenters. The van der Waals surface area contributed by atoms with E-state index < -0.39 is 0 Å². The molecule has 2 aliphatic carbocycles. The summed E-state index contributed by atoms with van der Waals surface area (Å²) in [5.41, 5.74) is 1.26. The van der Waals surface area contributed by atoms with Crippen molar-refractivity contribution in [1.82, 2.24) is 9.97 Å². The second kappa shape index (κ2) is 12.8. The van der Waals surface area contributed by atoms with Crippen molar-refractivity contribution in [1.29, 1.82) is 0 Å². The van der Waals surface area contributed by atoms with Gasteiger partial charge in [0, 0.05) is 49.8 Å². The molecular formula is C26H32N2O4. The van der Waals surface area contributed by atoms with Gasteiger partial charge in [-0.3, -0.25) is 9.78 Å². The molecule has 0 atom stereocenters. The molecule has 2 saturated carbocycles. The number of benzene rings is 1. The van der Waals surface area contributed by atoms with Crippen LogP contribution in [0.4, 0.5) is 0 Å². The summed E-state index contributed by atoms with van der Waals surface area (Å²) in [5, 5.41) is 8.62. The third-order valence-electron chi connectivity index (χ3n) is 5.37. The lowest BCUT2D eigenvalue weighted by molar-refractivity contribution is -0.0683. The van der Waals surface area contributed by atoms with Crippen molar-refractivity contribution in [3.8, 4) is 5.75 Å². The first kappa shape index (κ1) is 23.7. The van der Waals surface area contributed by atoms with Crippen LogP contribution in [-0.2, 0) is 11.3 Å². The molecule has 0 amide bonds. The summed E-state index contributed by atoms with van der Waals surface area (Å²) in [6.07, 6.45) is 11.3. The molecule has 0 bridgehead atoms. The van der Waals surface area contributed by atoms with E-state index in [-0.39, 0.29) is 17.6 Å². The Morgan fingerprint density at radius 1 is 0.938 bits per heavy atom. The molecule has 2 aliphatic rings. The van der Waals surface area contributed by atoms with Crippen molar-refractivity contribution in [2.45, 2.75) is 57.5 Å². The maximum Gasteiger partial charge on any atom is 0.181 e. The number of aromatic amines is 1. The minimum Gasteiger partial charge on any atom is -0.490 e. The zero-order chi connectivity index (χ0) is 22.6. The van der Waals surface area contributed by atoms with Crippen LogP contribution in [0.1, 0.15) is 38.2 Å². The molecule has 3 aromatic rings. The van der Waals surface area contributed by atoms with E-state index in [9.17, 15) is 4.79 Å². The van der Waals surface area contributed by atoms with Crippen LogP contribution in [0, 0.1) is 5.92 Å². The fourth-order valence-corrected chi connectivity index (χ4v) is 3.38. The van der Waals surface area contributed by atoms with Crippen molar-refractivity contribution < 1.29 is 14.6 Å². The van der Waals surface area contributed by atoms with Crippen molar-refractivity contribution in [2.24, 2.45) is 5.92 Å². The SMILES string of the molecule is CC1CC(O)C1.O=c1cc[nH]cc1.c1ccc(COC2CC(Oc3ccncc3)C2)cc1. The van der Waals surface area contributed by atoms with E-state index in [2.05, 4.69) is 29.0 Å². The fraction of sp³-hybridized carbons (Fsp3) is 0.385. The Hall–Kier alpha value is -2.96. The molecule has 5 rings (SSSR count). The van der Waals surface area contributed by atoms with Gasteiger partial charge in [-0.05, 0) is 36.5 Å². The van der Waals surface area contributed by atoms with Crippen LogP contribution in [0.3, 0.4) is 0 Å². The lowest BCUT2D eigenvalue weighted by Gasteiger charge is -2.35. The van der Waals surface area contributed by atoms with E-state index in [0.717, 1.165) is 37.4 Å². The van der Waals surface area contributed by atoms with Crippen molar-refractivity contribution in [2.75, 3.05) is 0 Å². The highest BCUT2D eigenvalue weighted by atomic mass is 16.5. The molecule has 6 nitrogen and oxygen atoms in total. The fourth-order valence-electron chi connectivity index (χ4n) is 3.38. The molecule has 1 aromatic carbocycles. The number of aliphatic hydroxyl groups is 1. The summed E-state index contributed by atoms with van der Waals surface area (Å²) in [6.45, 7) is 2.85. The van der Waals surface area contributed by atoms with Crippen LogP contribution >= 0.6 is 0 Å². The summed E-state index contributed by atoms with van der Waals surface area (Å²) in [4.78, 5) is 17.0. The summed E-state index contributed by atoms with van der Waals surface area (Å²) < 4.78 is 11.7.